The van der Waals surface area contributed by atoms with Crippen LogP contribution in [0.3, 0.4) is 0 Å². The largest absolute Gasteiger partial charge is 0.457 e. The van der Waals surface area contributed by atoms with Crippen LogP contribution in [0, 0.1) is 0 Å². The molecule has 1 saturated heterocycles. The lowest BCUT2D eigenvalue weighted by Crippen LogP contribution is -2.47. The number of likely N-dealkylation sites (tertiary alicyclic amines) is 1. The van der Waals surface area contributed by atoms with Crippen molar-refractivity contribution in [2.45, 2.75) is 31.7 Å². The second-order valence-electron chi connectivity index (χ2n) is 6.32. The first-order valence-electron chi connectivity index (χ1n) is 8.01. The van der Waals surface area contributed by atoms with Gasteiger partial charge in [0.05, 0.1) is 5.41 Å². The van der Waals surface area contributed by atoms with Crippen LogP contribution in [0.5, 0.6) is 11.5 Å². The Balaban J connectivity index is 1.76. The van der Waals surface area contributed by atoms with E-state index in [0.717, 1.165) is 11.3 Å². The molecule has 0 saturated carbocycles. The number of rotatable bonds is 5. The van der Waals surface area contributed by atoms with Crippen LogP contribution >= 0.6 is 11.3 Å². The summed E-state index contributed by atoms with van der Waals surface area (Å²) in [5, 5.41) is 12.6. The maximum Gasteiger partial charge on any atom is 0.265 e. The van der Waals surface area contributed by atoms with Crippen LogP contribution < -0.4 is 10.2 Å². The number of ether oxygens (including phenoxy) is 1. The molecule has 0 radical (unpaired) electrons. The molecular formula is C18H20N2O4S. The molecule has 1 aliphatic heterocycles. The Morgan fingerprint density at radius 3 is 2.64 bits per heavy atom. The molecule has 2 aromatic rings. The number of benzene rings is 1. The number of thiophene rings is 1. The maximum absolute atomic E-state index is 12.9. The standard InChI is InChI=1S/C18H20N2O4S/c1-12(16(21)19-23)20-9-8-18(2,17(20)22)13-3-5-14(6-4-13)24-15-7-10-25-11-15/h3-7,10-12,23H,8-9H2,1-2H3,(H,19,21). The van der Waals surface area contributed by atoms with Gasteiger partial charge in [-0.25, -0.2) is 5.48 Å². The minimum atomic E-state index is -0.708. The van der Waals surface area contributed by atoms with Gasteiger partial charge in [0.25, 0.3) is 5.91 Å². The van der Waals surface area contributed by atoms with Crippen molar-refractivity contribution in [3.8, 4) is 11.5 Å². The molecule has 3 rings (SSSR count). The molecule has 0 spiro atoms. The molecule has 1 aliphatic rings. The number of hydroxylamine groups is 1. The predicted octanol–water partition coefficient (Wildman–Crippen LogP) is 2.92. The summed E-state index contributed by atoms with van der Waals surface area (Å²) in [5.74, 6) is 0.796. The number of nitrogens with one attached hydrogen (secondary N) is 1. The highest BCUT2D eigenvalue weighted by atomic mass is 32.1. The molecular weight excluding hydrogens is 340 g/mol. The lowest BCUT2D eigenvalue weighted by molar-refractivity contribution is -0.143. The van der Waals surface area contributed by atoms with Gasteiger partial charge in [-0.2, -0.15) is 0 Å². The van der Waals surface area contributed by atoms with Gasteiger partial charge in [-0.15, -0.1) is 11.3 Å². The SMILES string of the molecule is CC(C(=O)NO)N1CCC(C)(c2ccc(Oc3ccsc3)cc2)C1=O. The highest BCUT2D eigenvalue weighted by molar-refractivity contribution is 7.08. The number of nitrogens with zero attached hydrogens (tertiary/aromatic N) is 1. The highest BCUT2D eigenvalue weighted by Crippen LogP contribution is 2.37. The van der Waals surface area contributed by atoms with E-state index in [1.807, 2.05) is 48.0 Å². The lowest BCUT2D eigenvalue weighted by Gasteiger charge is -2.27. The second kappa shape index (κ2) is 6.85. The van der Waals surface area contributed by atoms with E-state index in [2.05, 4.69) is 0 Å². The number of carbonyl (C=O) groups is 2. The summed E-state index contributed by atoms with van der Waals surface area (Å²) in [6, 6.07) is 8.65. The van der Waals surface area contributed by atoms with Crippen molar-refractivity contribution in [3.05, 3.63) is 46.7 Å². The summed E-state index contributed by atoms with van der Waals surface area (Å²) in [5.41, 5.74) is 1.80. The van der Waals surface area contributed by atoms with E-state index >= 15 is 0 Å². The first kappa shape index (κ1) is 17.4. The van der Waals surface area contributed by atoms with Gasteiger partial charge >= 0.3 is 0 Å². The summed E-state index contributed by atoms with van der Waals surface area (Å²) < 4.78 is 5.74. The Bertz CT molecular complexity index is 760. The zero-order chi connectivity index (χ0) is 18.0. The molecule has 1 fully saturated rings. The van der Waals surface area contributed by atoms with Crippen molar-refractivity contribution >= 4 is 23.2 Å². The number of carbonyl (C=O) groups excluding carboxylic acids is 2. The van der Waals surface area contributed by atoms with Crippen LogP contribution in [-0.4, -0.2) is 34.5 Å². The smallest absolute Gasteiger partial charge is 0.265 e. The van der Waals surface area contributed by atoms with E-state index in [9.17, 15) is 9.59 Å². The highest BCUT2D eigenvalue weighted by Gasteiger charge is 2.46. The van der Waals surface area contributed by atoms with E-state index in [0.29, 0.717) is 18.7 Å². The third-order valence-electron chi connectivity index (χ3n) is 4.76. The van der Waals surface area contributed by atoms with Gasteiger partial charge in [0, 0.05) is 11.9 Å². The van der Waals surface area contributed by atoms with Crippen molar-refractivity contribution in [1.29, 1.82) is 0 Å². The third kappa shape index (κ3) is 3.25. The Hall–Kier alpha value is -2.38. The molecule has 7 heteroatoms. The Morgan fingerprint density at radius 1 is 1.32 bits per heavy atom. The van der Waals surface area contributed by atoms with E-state index < -0.39 is 17.4 Å². The first-order chi connectivity index (χ1) is 12.0. The van der Waals surface area contributed by atoms with Crippen LogP contribution in [0.4, 0.5) is 0 Å². The molecule has 1 aromatic carbocycles. The molecule has 1 aromatic heterocycles. The molecule has 2 N–H and O–H groups in total. The predicted molar refractivity (Wildman–Crippen MR) is 93.9 cm³/mol. The van der Waals surface area contributed by atoms with E-state index in [4.69, 9.17) is 9.94 Å². The lowest BCUT2D eigenvalue weighted by atomic mass is 9.81. The maximum atomic E-state index is 12.9. The van der Waals surface area contributed by atoms with Crippen molar-refractivity contribution in [3.63, 3.8) is 0 Å². The normalized spacial score (nSPS) is 21.2. The average Bonchev–Trinajstić information content (AvgIpc) is 3.24. The Kier molecular flexibility index (Phi) is 4.78. The van der Waals surface area contributed by atoms with Gasteiger partial charge in [-0.05, 0) is 49.4 Å². The second-order valence-corrected chi connectivity index (χ2v) is 7.10. The van der Waals surface area contributed by atoms with Gasteiger partial charge in [0.2, 0.25) is 5.91 Å². The van der Waals surface area contributed by atoms with Gasteiger partial charge < -0.3 is 9.64 Å². The van der Waals surface area contributed by atoms with Gasteiger partial charge in [0.1, 0.15) is 17.5 Å². The fraction of sp³-hybridized carbons (Fsp3) is 0.333. The van der Waals surface area contributed by atoms with Crippen LogP contribution in [0.15, 0.2) is 41.1 Å². The van der Waals surface area contributed by atoms with Crippen LogP contribution in [0.25, 0.3) is 0 Å². The minimum Gasteiger partial charge on any atom is -0.457 e. The molecule has 25 heavy (non-hydrogen) atoms. The average molecular weight is 360 g/mol. The Labute approximate surface area is 150 Å². The molecule has 2 heterocycles. The van der Waals surface area contributed by atoms with Crippen molar-refractivity contribution in [2.24, 2.45) is 0 Å². The molecule has 2 unspecified atom stereocenters. The summed E-state index contributed by atoms with van der Waals surface area (Å²) in [4.78, 5) is 26.0. The molecule has 0 bridgehead atoms. The van der Waals surface area contributed by atoms with Crippen LogP contribution in [0.2, 0.25) is 0 Å². The summed E-state index contributed by atoms with van der Waals surface area (Å²) in [7, 11) is 0. The quantitative estimate of drug-likeness (QED) is 0.635. The molecule has 2 amide bonds. The van der Waals surface area contributed by atoms with Gasteiger partial charge in [-0.3, -0.25) is 14.8 Å². The fourth-order valence-corrected chi connectivity index (χ4v) is 3.63. The summed E-state index contributed by atoms with van der Waals surface area (Å²) >= 11 is 1.56. The monoisotopic (exact) mass is 360 g/mol. The van der Waals surface area contributed by atoms with Crippen molar-refractivity contribution in [1.82, 2.24) is 10.4 Å². The summed E-state index contributed by atoms with van der Waals surface area (Å²) in [6.45, 7) is 3.96. The number of hydrogen-bond acceptors (Lipinski definition) is 5. The minimum absolute atomic E-state index is 0.116. The van der Waals surface area contributed by atoms with Crippen molar-refractivity contribution < 1.29 is 19.5 Å². The number of hydrogen-bond donors (Lipinski definition) is 2. The van der Waals surface area contributed by atoms with E-state index in [-0.39, 0.29) is 5.91 Å². The van der Waals surface area contributed by atoms with E-state index in [1.54, 1.807) is 23.7 Å². The van der Waals surface area contributed by atoms with E-state index in [1.165, 1.54) is 4.90 Å². The van der Waals surface area contributed by atoms with Crippen LogP contribution in [0.1, 0.15) is 25.8 Å². The molecule has 132 valence electrons. The van der Waals surface area contributed by atoms with Gasteiger partial charge in [-0.1, -0.05) is 12.1 Å². The summed E-state index contributed by atoms with van der Waals surface area (Å²) in [6.07, 6.45) is 0.611. The zero-order valence-corrected chi connectivity index (χ0v) is 14.9. The molecule has 6 nitrogen and oxygen atoms in total. The number of amides is 2. The van der Waals surface area contributed by atoms with Crippen LogP contribution in [-0.2, 0) is 15.0 Å². The van der Waals surface area contributed by atoms with Gasteiger partial charge in [0.15, 0.2) is 0 Å². The topological polar surface area (TPSA) is 78.9 Å². The third-order valence-corrected chi connectivity index (χ3v) is 5.43. The first-order valence-corrected chi connectivity index (χ1v) is 8.95. The molecule has 0 aliphatic carbocycles. The zero-order valence-electron chi connectivity index (χ0n) is 14.1. The molecule has 2 atom stereocenters. The Morgan fingerprint density at radius 2 is 2.04 bits per heavy atom. The van der Waals surface area contributed by atoms with Crippen molar-refractivity contribution in [2.75, 3.05) is 6.54 Å². The fourth-order valence-electron chi connectivity index (χ4n) is 3.08.